The summed E-state index contributed by atoms with van der Waals surface area (Å²) in [5.41, 5.74) is 4.49. The van der Waals surface area contributed by atoms with Crippen molar-refractivity contribution in [2.24, 2.45) is 0 Å². The van der Waals surface area contributed by atoms with Crippen LogP contribution in [0, 0.1) is 0 Å². The van der Waals surface area contributed by atoms with E-state index in [9.17, 15) is 0 Å². The first-order valence-corrected chi connectivity index (χ1v) is 6.30. The molecule has 0 spiro atoms. The van der Waals surface area contributed by atoms with Crippen LogP contribution in [-0.4, -0.2) is 6.61 Å². The molecule has 1 aliphatic heterocycles. The lowest BCUT2D eigenvalue weighted by atomic mass is 9.92. The molecule has 1 heteroatoms. The van der Waals surface area contributed by atoms with Crippen LogP contribution in [0.1, 0.15) is 60.8 Å². The van der Waals surface area contributed by atoms with E-state index in [2.05, 4.69) is 13.8 Å². The van der Waals surface area contributed by atoms with Gasteiger partial charge in [0.05, 0.1) is 6.61 Å². The van der Waals surface area contributed by atoms with Gasteiger partial charge in [-0.05, 0) is 37.8 Å². The molecule has 0 amide bonds. The van der Waals surface area contributed by atoms with Gasteiger partial charge in [-0.15, -0.1) is 0 Å². The summed E-state index contributed by atoms with van der Waals surface area (Å²) >= 11 is 0. The van der Waals surface area contributed by atoms with Crippen molar-refractivity contribution in [2.45, 2.75) is 60.8 Å². The molecule has 1 fully saturated rings. The zero-order valence-corrected chi connectivity index (χ0v) is 11.2. The predicted molar refractivity (Wildman–Crippen MR) is 67.9 cm³/mol. The molecular weight excluding hydrogens is 184 g/mol. The fraction of sp³-hybridized carbons (Fsp3) is 0.714. The van der Waals surface area contributed by atoms with Gasteiger partial charge in [-0.3, -0.25) is 0 Å². The van der Waals surface area contributed by atoms with Crippen molar-refractivity contribution in [2.75, 3.05) is 6.61 Å². The summed E-state index contributed by atoms with van der Waals surface area (Å²) in [7, 11) is 0. The molecule has 0 aromatic rings. The van der Waals surface area contributed by atoms with Crippen LogP contribution in [0.4, 0.5) is 0 Å². The second kappa shape index (κ2) is 7.56. The lowest BCUT2D eigenvalue weighted by molar-refractivity contribution is 0.260. The summed E-state index contributed by atoms with van der Waals surface area (Å²) in [6.45, 7) is 13.3. The predicted octanol–water partition coefficient (Wildman–Crippen LogP) is 4.84. The normalized spacial score (nSPS) is 18.3. The maximum atomic E-state index is 5.56. The SMILES string of the molecule is CC.CC.CC1=C2CCOC2=C(C)CC1. The summed E-state index contributed by atoms with van der Waals surface area (Å²) in [4.78, 5) is 0. The molecule has 0 bridgehead atoms. The van der Waals surface area contributed by atoms with Gasteiger partial charge in [0.2, 0.25) is 0 Å². The Hall–Kier alpha value is -0.720. The first-order valence-electron chi connectivity index (χ1n) is 6.30. The van der Waals surface area contributed by atoms with Crippen molar-refractivity contribution >= 4 is 0 Å². The molecule has 2 aliphatic rings. The summed E-state index contributed by atoms with van der Waals surface area (Å²) in [6, 6.07) is 0. The zero-order chi connectivity index (χ0) is 11.8. The lowest BCUT2D eigenvalue weighted by Crippen LogP contribution is -1.98. The number of fused-ring (bicyclic) bond motifs is 1. The van der Waals surface area contributed by atoms with Crippen LogP contribution in [0.5, 0.6) is 0 Å². The van der Waals surface area contributed by atoms with Gasteiger partial charge in [0.1, 0.15) is 5.76 Å². The molecule has 1 saturated heterocycles. The maximum Gasteiger partial charge on any atom is 0.121 e. The molecule has 0 unspecified atom stereocenters. The van der Waals surface area contributed by atoms with Gasteiger partial charge < -0.3 is 4.74 Å². The van der Waals surface area contributed by atoms with Crippen molar-refractivity contribution < 1.29 is 4.74 Å². The Kier molecular flexibility index (Phi) is 7.19. The van der Waals surface area contributed by atoms with Crippen LogP contribution in [0.3, 0.4) is 0 Å². The number of ether oxygens (including phenoxy) is 1. The molecule has 1 nitrogen and oxygen atoms in total. The molecule has 1 aliphatic carbocycles. The smallest absolute Gasteiger partial charge is 0.121 e. The second-order valence-electron chi connectivity index (χ2n) is 3.47. The number of hydrogen-bond donors (Lipinski definition) is 0. The highest BCUT2D eigenvalue weighted by Crippen LogP contribution is 2.36. The summed E-state index contributed by atoms with van der Waals surface area (Å²) in [5.74, 6) is 1.22. The topological polar surface area (TPSA) is 9.23 Å². The van der Waals surface area contributed by atoms with Crippen LogP contribution < -0.4 is 0 Å². The van der Waals surface area contributed by atoms with Gasteiger partial charge in [0.25, 0.3) is 0 Å². The minimum atomic E-state index is 0.902. The van der Waals surface area contributed by atoms with Crippen molar-refractivity contribution in [3.63, 3.8) is 0 Å². The van der Waals surface area contributed by atoms with E-state index in [0.29, 0.717) is 0 Å². The molecule has 0 aromatic carbocycles. The molecule has 0 N–H and O–H groups in total. The van der Waals surface area contributed by atoms with Crippen molar-refractivity contribution in [1.82, 2.24) is 0 Å². The summed E-state index contributed by atoms with van der Waals surface area (Å²) in [6.07, 6.45) is 3.58. The number of rotatable bonds is 0. The van der Waals surface area contributed by atoms with Crippen molar-refractivity contribution in [3.05, 3.63) is 22.5 Å². The van der Waals surface area contributed by atoms with Crippen LogP contribution in [0.2, 0.25) is 0 Å². The highest BCUT2D eigenvalue weighted by Gasteiger charge is 2.22. The molecule has 0 atom stereocenters. The molecule has 2 rings (SSSR count). The van der Waals surface area contributed by atoms with Gasteiger partial charge in [-0.1, -0.05) is 33.3 Å². The third-order valence-corrected chi connectivity index (χ3v) is 2.65. The maximum absolute atomic E-state index is 5.56. The number of allylic oxidation sites excluding steroid dienone is 3. The van der Waals surface area contributed by atoms with Crippen molar-refractivity contribution in [3.8, 4) is 0 Å². The average molecular weight is 210 g/mol. The minimum absolute atomic E-state index is 0.902. The van der Waals surface area contributed by atoms with E-state index in [-0.39, 0.29) is 0 Å². The fourth-order valence-corrected chi connectivity index (χ4v) is 1.88. The largest absolute Gasteiger partial charge is 0.493 e. The number of hydrogen-bond acceptors (Lipinski definition) is 1. The van der Waals surface area contributed by atoms with Crippen LogP contribution in [0.25, 0.3) is 0 Å². The summed E-state index contributed by atoms with van der Waals surface area (Å²) in [5, 5.41) is 0. The highest BCUT2D eigenvalue weighted by molar-refractivity contribution is 5.39. The quantitative estimate of drug-likeness (QED) is 0.555. The Morgan fingerprint density at radius 2 is 1.33 bits per heavy atom. The Morgan fingerprint density at radius 1 is 0.800 bits per heavy atom. The van der Waals surface area contributed by atoms with Gasteiger partial charge in [-0.2, -0.15) is 0 Å². The molecule has 1 heterocycles. The molecule has 0 radical (unpaired) electrons. The van der Waals surface area contributed by atoms with E-state index in [0.717, 1.165) is 13.0 Å². The first-order chi connectivity index (χ1) is 7.29. The third kappa shape index (κ3) is 3.40. The molecule has 88 valence electrons. The summed E-state index contributed by atoms with van der Waals surface area (Å²) < 4.78 is 5.56. The molecule has 15 heavy (non-hydrogen) atoms. The average Bonchev–Trinajstić information content (AvgIpc) is 2.79. The lowest BCUT2D eigenvalue weighted by Gasteiger charge is -2.15. The second-order valence-corrected chi connectivity index (χ2v) is 3.47. The highest BCUT2D eigenvalue weighted by atomic mass is 16.5. The van der Waals surface area contributed by atoms with E-state index >= 15 is 0 Å². The Morgan fingerprint density at radius 3 is 1.87 bits per heavy atom. The van der Waals surface area contributed by atoms with Gasteiger partial charge in [-0.25, -0.2) is 0 Å². The van der Waals surface area contributed by atoms with Gasteiger partial charge >= 0.3 is 0 Å². The van der Waals surface area contributed by atoms with E-state index in [4.69, 9.17) is 4.74 Å². The third-order valence-electron chi connectivity index (χ3n) is 2.65. The molecule has 0 aromatic heterocycles. The fourth-order valence-electron chi connectivity index (χ4n) is 1.88. The Balaban J connectivity index is 0.000000442. The first kappa shape index (κ1) is 14.3. The minimum Gasteiger partial charge on any atom is -0.493 e. The van der Waals surface area contributed by atoms with Crippen molar-refractivity contribution in [1.29, 1.82) is 0 Å². The monoisotopic (exact) mass is 210 g/mol. The Labute approximate surface area is 95.2 Å². The standard InChI is InChI=1S/C10H14O.2C2H6/c1-7-3-4-8(2)10-9(7)5-6-11-10;2*1-2/h3-6H2,1-2H3;2*1-2H3. The van der Waals surface area contributed by atoms with Crippen LogP contribution >= 0.6 is 0 Å². The molecular formula is C14H26O. The van der Waals surface area contributed by atoms with E-state index in [1.54, 1.807) is 5.57 Å². The van der Waals surface area contributed by atoms with Gasteiger partial charge in [0, 0.05) is 6.42 Å². The zero-order valence-electron chi connectivity index (χ0n) is 11.2. The van der Waals surface area contributed by atoms with Gasteiger partial charge in [0.15, 0.2) is 0 Å². The van der Waals surface area contributed by atoms with E-state index in [1.807, 2.05) is 27.7 Å². The molecule has 0 saturated carbocycles. The van der Waals surface area contributed by atoms with Crippen LogP contribution in [-0.2, 0) is 4.74 Å². The van der Waals surface area contributed by atoms with E-state index in [1.165, 1.54) is 29.7 Å². The van der Waals surface area contributed by atoms with Crippen LogP contribution in [0.15, 0.2) is 22.5 Å². The van der Waals surface area contributed by atoms with E-state index < -0.39 is 0 Å². The Bertz CT molecular complexity index is 220.